The van der Waals surface area contributed by atoms with E-state index in [0.29, 0.717) is 6.54 Å². The predicted molar refractivity (Wildman–Crippen MR) is 71.3 cm³/mol. The first-order chi connectivity index (χ1) is 8.60. The molecule has 0 atom stereocenters. The van der Waals surface area contributed by atoms with E-state index in [1.165, 1.54) is 0 Å². The third-order valence-corrected chi connectivity index (χ3v) is 4.83. The summed E-state index contributed by atoms with van der Waals surface area (Å²) in [5.41, 5.74) is -0.849. The SMILES string of the molecule is CCC1(C(=O)NCC2(O)CCCC2)CCNCC1. The molecule has 0 aromatic carbocycles. The van der Waals surface area contributed by atoms with Crippen molar-refractivity contribution in [2.45, 2.75) is 57.5 Å². The fourth-order valence-electron chi connectivity index (χ4n) is 3.29. The molecule has 1 saturated heterocycles. The first-order valence-electron chi connectivity index (χ1n) is 7.32. The Morgan fingerprint density at radius 3 is 2.39 bits per heavy atom. The fourth-order valence-corrected chi connectivity index (χ4v) is 3.29. The summed E-state index contributed by atoms with van der Waals surface area (Å²) in [6.07, 6.45) is 6.52. The number of amides is 1. The maximum Gasteiger partial charge on any atom is 0.226 e. The van der Waals surface area contributed by atoms with E-state index in [1.807, 2.05) is 0 Å². The van der Waals surface area contributed by atoms with Crippen LogP contribution in [0.4, 0.5) is 0 Å². The molecule has 18 heavy (non-hydrogen) atoms. The van der Waals surface area contributed by atoms with Crippen molar-refractivity contribution >= 4 is 5.91 Å². The topological polar surface area (TPSA) is 61.4 Å². The smallest absolute Gasteiger partial charge is 0.226 e. The molecular weight excluding hydrogens is 228 g/mol. The van der Waals surface area contributed by atoms with Crippen molar-refractivity contribution in [2.75, 3.05) is 19.6 Å². The summed E-state index contributed by atoms with van der Waals surface area (Å²) < 4.78 is 0. The Hall–Kier alpha value is -0.610. The zero-order chi connectivity index (χ0) is 13.1. The van der Waals surface area contributed by atoms with E-state index in [2.05, 4.69) is 17.6 Å². The molecule has 1 heterocycles. The first kappa shape index (κ1) is 13.8. The lowest BCUT2D eigenvalue weighted by molar-refractivity contribution is -0.134. The zero-order valence-corrected chi connectivity index (χ0v) is 11.4. The van der Waals surface area contributed by atoms with Crippen LogP contribution in [0.1, 0.15) is 51.9 Å². The van der Waals surface area contributed by atoms with Crippen LogP contribution in [0.15, 0.2) is 0 Å². The van der Waals surface area contributed by atoms with Gasteiger partial charge < -0.3 is 15.7 Å². The molecule has 104 valence electrons. The Labute approximate surface area is 110 Å². The second-order valence-corrected chi connectivity index (χ2v) is 6.00. The van der Waals surface area contributed by atoms with E-state index in [-0.39, 0.29) is 11.3 Å². The molecule has 0 unspecified atom stereocenters. The summed E-state index contributed by atoms with van der Waals surface area (Å²) >= 11 is 0. The van der Waals surface area contributed by atoms with Crippen LogP contribution in [0.2, 0.25) is 0 Å². The van der Waals surface area contributed by atoms with E-state index in [0.717, 1.165) is 58.0 Å². The van der Waals surface area contributed by atoms with Crippen LogP contribution < -0.4 is 10.6 Å². The molecule has 1 aliphatic carbocycles. The molecule has 0 radical (unpaired) electrons. The minimum Gasteiger partial charge on any atom is -0.388 e. The largest absolute Gasteiger partial charge is 0.388 e. The Balaban J connectivity index is 1.89. The van der Waals surface area contributed by atoms with Gasteiger partial charge in [0.1, 0.15) is 0 Å². The molecule has 0 bridgehead atoms. The lowest BCUT2D eigenvalue weighted by Crippen LogP contribution is -2.50. The van der Waals surface area contributed by atoms with E-state index in [9.17, 15) is 9.90 Å². The van der Waals surface area contributed by atoms with Gasteiger partial charge in [-0.2, -0.15) is 0 Å². The van der Waals surface area contributed by atoms with Crippen molar-refractivity contribution in [3.05, 3.63) is 0 Å². The first-order valence-corrected chi connectivity index (χ1v) is 7.32. The number of hydrogen-bond donors (Lipinski definition) is 3. The van der Waals surface area contributed by atoms with Gasteiger partial charge in [0.05, 0.1) is 11.0 Å². The van der Waals surface area contributed by atoms with Crippen molar-refractivity contribution in [2.24, 2.45) is 5.41 Å². The minimum absolute atomic E-state index is 0.145. The highest BCUT2D eigenvalue weighted by atomic mass is 16.3. The fraction of sp³-hybridized carbons (Fsp3) is 0.929. The van der Waals surface area contributed by atoms with Crippen LogP contribution in [-0.4, -0.2) is 36.2 Å². The molecule has 2 aliphatic rings. The van der Waals surface area contributed by atoms with Crippen molar-refractivity contribution in [1.29, 1.82) is 0 Å². The van der Waals surface area contributed by atoms with Crippen LogP contribution in [0.25, 0.3) is 0 Å². The summed E-state index contributed by atoms with van der Waals surface area (Å²) in [7, 11) is 0. The molecule has 4 nitrogen and oxygen atoms in total. The summed E-state index contributed by atoms with van der Waals surface area (Å²) in [4.78, 5) is 12.4. The van der Waals surface area contributed by atoms with Crippen LogP contribution in [0.3, 0.4) is 0 Å². The number of hydrogen-bond acceptors (Lipinski definition) is 3. The normalized spacial score (nSPS) is 25.9. The summed E-state index contributed by atoms with van der Waals surface area (Å²) in [6, 6.07) is 0. The second-order valence-electron chi connectivity index (χ2n) is 6.00. The molecule has 1 saturated carbocycles. The van der Waals surface area contributed by atoms with Gasteiger partial charge in [-0.3, -0.25) is 4.79 Å². The molecule has 0 spiro atoms. The van der Waals surface area contributed by atoms with Crippen LogP contribution in [-0.2, 0) is 4.79 Å². The standard InChI is InChI=1S/C14H26N2O2/c1-2-13(7-9-15-10-8-13)12(17)16-11-14(18)5-3-4-6-14/h15,18H,2-11H2,1H3,(H,16,17). The highest BCUT2D eigenvalue weighted by Gasteiger charge is 2.39. The number of aliphatic hydroxyl groups is 1. The summed E-state index contributed by atoms with van der Waals surface area (Å²) in [5.74, 6) is 0.145. The van der Waals surface area contributed by atoms with Gasteiger partial charge in [-0.1, -0.05) is 19.8 Å². The van der Waals surface area contributed by atoms with Crippen LogP contribution in [0.5, 0.6) is 0 Å². The Morgan fingerprint density at radius 2 is 1.83 bits per heavy atom. The maximum atomic E-state index is 12.4. The lowest BCUT2D eigenvalue weighted by atomic mass is 9.75. The molecule has 4 heteroatoms. The number of nitrogens with one attached hydrogen (secondary N) is 2. The van der Waals surface area contributed by atoms with Crippen LogP contribution in [0, 0.1) is 5.41 Å². The molecule has 2 fully saturated rings. The third-order valence-electron chi connectivity index (χ3n) is 4.83. The van der Waals surface area contributed by atoms with Gasteiger partial charge in [0.15, 0.2) is 0 Å². The predicted octanol–water partition coefficient (Wildman–Crippen LogP) is 1.19. The molecule has 0 aromatic heterocycles. The number of piperidine rings is 1. The highest BCUT2D eigenvalue weighted by molar-refractivity contribution is 5.82. The van der Waals surface area contributed by atoms with Gasteiger partial charge in [-0.15, -0.1) is 0 Å². The molecule has 2 rings (SSSR count). The van der Waals surface area contributed by atoms with Crippen molar-refractivity contribution in [3.8, 4) is 0 Å². The van der Waals surface area contributed by atoms with Gasteiger partial charge in [0.2, 0.25) is 5.91 Å². The third kappa shape index (κ3) is 2.86. The van der Waals surface area contributed by atoms with Crippen molar-refractivity contribution in [3.63, 3.8) is 0 Å². The molecule has 1 amide bonds. The molecular formula is C14H26N2O2. The lowest BCUT2D eigenvalue weighted by Gasteiger charge is -2.36. The van der Waals surface area contributed by atoms with Gasteiger partial charge in [-0.25, -0.2) is 0 Å². The van der Waals surface area contributed by atoms with Gasteiger partial charge in [0.25, 0.3) is 0 Å². The van der Waals surface area contributed by atoms with Crippen molar-refractivity contribution < 1.29 is 9.90 Å². The zero-order valence-electron chi connectivity index (χ0n) is 11.4. The molecule has 0 aromatic rings. The minimum atomic E-state index is -0.641. The Kier molecular flexibility index (Phi) is 4.28. The van der Waals surface area contributed by atoms with E-state index >= 15 is 0 Å². The average molecular weight is 254 g/mol. The van der Waals surface area contributed by atoms with Gasteiger partial charge in [0, 0.05) is 6.54 Å². The second kappa shape index (κ2) is 5.57. The quantitative estimate of drug-likeness (QED) is 0.706. The average Bonchev–Trinajstić information content (AvgIpc) is 2.84. The maximum absolute atomic E-state index is 12.4. The Bertz CT molecular complexity index is 292. The van der Waals surface area contributed by atoms with Gasteiger partial charge >= 0.3 is 0 Å². The summed E-state index contributed by atoms with van der Waals surface area (Å²) in [6.45, 7) is 4.37. The monoisotopic (exact) mass is 254 g/mol. The Morgan fingerprint density at radius 1 is 1.22 bits per heavy atom. The number of carbonyl (C=O) groups excluding carboxylic acids is 1. The van der Waals surface area contributed by atoms with E-state index < -0.39 is 5.60 Å². The van der Waals surface area contributed by atoms with E-state index in [1.54, 1.807) is 0 Å². The van der Waals surface area contributed by atoms with E-state index in [4.69, 9.17) is 0 Å². The number of rotatable bonds is 4. The van der Waals surface area contributed by atoms with Crippen LogP contribution >= 0.6 is 0 Å². The number of carbonyl (C=O) groups is 1. The molecule has 3 N–H and O–H groups in total. The highest BCUT2D eigenvalue weighted by Crippen LogP contribution is 2.33. The van der Waals surface area contributed by atoms with Gasteiger partial charge in [-0.05, 0) is 45.2 Å². The summed E-state index contributed by atoms with van der Waals surface area (Å²) in [5, 5.41) is 16.6. The van der Waals surface area contributed by atoms with Crippen molar-refractivity contribution in [1.82, 2.24) is 10.6 Å². The molecule has 1 aliphatic heterocycles.